The molecule has 0 saturated carbocycles. The van der Waals surface area contributed by atoms with Crippen molar-refractivity contribution in [3.63, 3.8) is 0 Å². The number of nitrogens with zero attached hydrogens (tertiary/aromatic N) is 2. The zero-order chi connectivity index (χ0) is 14.7. The quantitative estimate of drug-likeness (QED) is 0.730. The van der Waals surface area contributed by atoms with Crippen molar-refractivity contribution in [2.45, 2.75) is 4.90 Å². The summed E-state index contributed by atoms with van der Waals surface area (Å²) in [7, 11) is 0. The van der Waals surface area contributed by atoms with Gasteiger partial charge in [0.15, 0.2) is 0 Å². The Kier molecular flexibility index (Phi) is 4.38. The molecule has 0 aliphatic rings. The average molecular weight is 336 g/mol. The van der Waals surface area contributed by atoms with Gasteiger partial charge < -0.3 is 5.32 Å². The number of hydrogen-bond acceptors (Lipinski definition) is 5. The molecule has 1 aromatic carbocycles. The number of carbonyl (C=O) groups is 1. The molecule has 3 rings (SSSR count). The number of thiophene rings is 1. The Morgan fingerprint density at radius 2 is 2.05 bits per heavy atom. The number of aromatic nitrogens is 2. The number of fused-ring (bicyclic) bond motifs is 1. The van der Waals surface area contributed by atoms with Gasteiger partial charge in [-0.25, -0.2) is 9.97 Å². The minimum atomic E-state index is -0.0962. The number of carbonyl (C=O) groups excluding carboxylic acids is 1. The maximum absolute atomic E-state index is 12.0. The smallest absolute Gasteiger partial charge is 0.235 e. The number of hydrogen-bond donors (Lipinski definition) is 1. The molecule has 0 aliphatic heterocycles. The van der Waals surface area contributed by atoms with E-state index in [9.17, 15) is 4.79 Å². The van der Waals surface area contributed by atoms with Gasteiger partial charge in [-0.3, -0.25) is 4.79 Å². The van der Waals surface area contributed by atoms with Crippen LogP contribution in [0.15, 0.2) is 46.9 Å². The van der Waals surface area contributed by atoms with Gasteiger partial charge in [0.05, 0.1) is 11.1 Å². The van der Waals surface area contributed by atoms with Crippen molar-refractivity contribution >= 4 is 56.6 Å². The second kappa shape index (κ2) is 6.43. The second-order valence-corrected chi connectivity index (χ2v) is 6.53. The number of benzene rings is 1. The predicted octanol–water partition coefficient (Wildman–Crippen LogP) is 4.08. The molecule has 1 amide bonds. The first-order chi connectivity index (χ1) is 10.2. The third-order valence-electron chi connectivity index (χ3n) is 2.70. The summed E-state index contributed by atoms with van der Waals surface area (Å²) < 4.78 is 0. The van der Waals surface area contributed by atoms with Crippen LogP contribution in [0.3, 0.4) is 0 Å². The summed E-state index contributed by atoms with van der Waals surface area (Å²) in [5, 5.41) is 6.30. The van der Waals surface area contributed by atoms with Gasteiger partial charge in [-0.1, -0.05) is 11.6 Å². The molecular weight excluding hydrogens is 326 g/mol. The Morgan fingerprint density at radius 3 is 2.86 bits per heavy atom. The van der Waals surface area contributed by atoms with Crippen molar-refractivity contribution in [2.75, 3.05) is 11.1 Å². The van der Waals surface area contributed by atoms with E-state index >= 15 is 0 Å². The zero-order valence-electron chi connectivity index (χ0n) is 10.7. The number of anilines is 1. The minimum Gasteiger partial charge on any atom is -0.309 e. The van der Waals surface area contributed by atoms with Gasteiger partial charge in [-0.05, 0) is 35.7 Å². The molecule has 0 bridgehead atoms. The highest BCUT2D eigenvalue weighted by Crippen LogP contribution is 2.24. The Labute approximate surface area is 134 Å². The van der Waals surface area contributed by atoms with Crippen LogP contribution in [0.5, 0.6) is 0 Å². The van der Waals surface area contributed by atoms with E-state index in [0.717, 1.165) is 15.1 Å². The molecule has 7 heteroatoms. The molecule has 106 valence electrons. The van der Waals surface area contributed by atoms with Crippen LogP contribution in [0.1, 0.15) is 0 Å². The van der Waals surface area contributed by atoms with Gasteiger partial charge in [-0.15, -0.1) is 23.1 Å². The molecule has 2 aromatic heterocycles. The zero-order valence-corrected chi connectivity index (χ0v) is 13.1. The fraction of sp³-hybridized carbons (Fsp3) is 0.0714. The SMILES string of the molecule is O=C(CSc1ccc(Cl)cc1)Nc1ncnc2sccc12. The highest BCUT2D eigenvalue weighted by Gasteiger charge is 2.09. The molecule has 0 atom stereocenters. The second-order valence-electron chi connectivity index (χ2n) is 4.15. The molecule has 3 aromatic rings. The van der Waals surface area contributed by atoms with Crippen molar-refractivity contribution < 1.29 is 4.79 Å². The lowest BCUT2D eigenvalue weighted by Gasteiger charge is -2.05. The van der Waals surface area contributed by atoms with Crippen molar-refractivity contribution in [1.82, 2.24) is 9.97 Å². The topological polar surface area (TPSA) is 54.9 Å². The van der Waals surface area contributed by atoms with Gasteiger partial charge in [-0.2, -0.15) is 0 Å². The van der Waals surface area contributed by atoms with E-state index in [-0.39, 0.29) is 5.91 Å². The van der Waals surface area contributed by atoms with E-state index < -0.39 is 0 Å². The highest BCUT2D eigenvalue weighted by molar-refractivity contribution is 8.00. The van der Waals surface area contributed by atoms with Crippen LogP contribution in [0.2, 0.25) is 5.02 Å². The summed E-state index contributed by atoms with van der Waals surface area (Å²) in [5.74, 6) is 0.779. The van der Waals surface area contributed by atoms with E-state index in [1.54, 1.807) is 12.1 Å². The Bertz CT molecular complexity index is 773. The van der Waals surface area contributed by atoms with Gasteiger partial charge in [0.1, 0.15) is 17.0 Å². The number of halogens is 1. The average Bonchev–Trinajstić information content (AvgIpc) is 2.96. The standard InChI is InChI=1S/C14H10ClN3OS2/c15-9-1-3-10(4-2-9)21-7-12(19)18-13-11-5-6-20-14(11)17-8-16-13/h1-6,8H,7H2,(H,16,17,18,19). The lowest BCUT2D eigenvalue weighted by atomic mass is 10.4. The molecule has 0 aliphatic carbocycles. The number of thioether (sulfide) groups is 1. The Balaban J connectivity index is 1.64. The van der Waals surface area contributed by atoms with Gasteiger partial charge >= 0.3 is 0 Å². The normalized spacial score (nSPS) is 10.7. The van der Waals surface area contributed by atoms with Crippen LogP contribution in [0.4, 0.5) is 5.82 Å². The van der Waals surface area contributed by atoms with Crippen molar-refractivity contribution in [2.24, 2.45) is 0 Å². The van der Waals surface area contributed by atoms with E-state index in [1.807, 2.05) is 23.6 Å². The first-order valence-corrected chi connectivity index (χ1v) is 8.33. The number of amides is 1. The fourth-order valence-electron chi connectivity index (χ4n) is 1.74. The summed E-state index contributed by atoms with van der Waals surface area (Å²) in [6.07, 6.45) is 1.46. The fourth-order valence-corrected chi connectivity index (χ4v) is 3.29. The van der Waals surface area contributed by atoms with Crippen LogP contribution in [-0.2, 0) is 4.79 Å². The summed E-state index contributed by atoms with van der Waals surface area (Å²) in [6.45, 7) is 0. The molecular formula is C14H10ClN3OS2. The summed E-state index contributed by atoms with van der Waals surface area (Å²) in [6, 6.07) is 9.30. The van der Waals surface area contributed by atoms with Gasteiger partial charge in [0, 0.05) is 9.92 Å². The summed E-state index contributed by atoms with van der Waals surface area (Å²) in [5.41, 5.74) is 0. The molecule has 4 nitrogen and oxygen atoms in total. The van der Waals surface area contributed by atoms with E-state index in [0.29, 0.717) is 16.6 Å². The molecule has 21 heavy (non-hydrogen) atoms. The van der Waals surface area contributed by atoms with Gasteiger partial charge in [0.2, 0.25) is 5.91 Å². The van der Waals surface area contributed by atoms with E-state index in [4.69, 9.17) is 11.6 Å². The molecule has 0 unspecified atom stereocenters. The molecule has 0 fully saturated rings. The van der Waals surface area contributed by atoms with Crippen LogP contribution in [0, 0.1) is 0 Å². The Morgan fingerprint density at radius 1 is 1.24 bits per heavy atom. The summed E-state index contributed by atoms with van der Waals surface area (Å²) in [4.78, 5) is 22.1. The van der Waals surface area contributed by atoms with Crippen LogP contribution < -0.4 is 5.32 Å². The van der Waals surface area contributed by atoms with Gasteiger partial charge in [0.25, 0.3) is 0 Å². The largest absolute Gasteiger partial charge is 0.309 e. The van der Waals surface area contributed by atoms with Crippen LogP contribution in [0.25, 0.3) is 10.2 Å². The van der Waals surface area contributed by atoms with Crippen molar-refractivity contribution in [3.8, 4) is 0 Å². The number of nitrogens with one attached hydrogen (secondary N) is 1. The molecule has 0 spiro atoms. The maximum Gasteiger partial charge on any atom is 0.235 e. The number of rotatable bonds is 4. The van der Waals surface area contributed by atoms with Crippen LogP contribution in [-0.4, -0.2) is 21.6 Å². The molecule has 1 N–H and O–H groups in total. The lowest BCUT2D eigenvalue weighted by Crippen LogP contribution is -2.15. The maximum atomic E-state index is 12.0. The highest BCUT2D eigenvalue weighted by atomic mass is 35.5. The first-order valence-electron chi connectivity index (χ1n) is 6.09. The van der Waals surface area contributed by atoms with Crippen molar-refractivity contribution in [1.29, 1.82) is 0 Å². The minimum absolute atomic E-state index is 0.0962. The molecule has 2 heterocycles. The van der Waals surface area contributed by atoms with E-state index in [1.165, 1.54) is 29.4 Å². The first kappa shape index (κ1) is 14.3. The molecule has 0 radical (unpaired) electrons. The lowest BCUT2D eigenvalue weighted by molar-refractivity contribution is -0.113. The van der Waals surface area contributed by atoms with Crippen molar-refractivity contribution in [3.05, 3.63) is 47.1 Å². The third-order valence-corrected chi connectivity index (χ3v) is 4.79. The monoisotopic (exact) mass is 335 g/mol. The Hall–Kier alpha value is -1.63. The third kappa shape index (κ3) is 3.53. The van der Waals surface area contributed by atoms with Crippen LogP contribution >= 0.6 is 34.7 Å². The van der Waals surface area contributed by atoms with E-state index in [2.05, 4.69) is 15.3 Å². The predicted molar refractivity (Wildman–Crippen MR) is 88.2 cm³/mol. The summed E-state index contributed by atoms with van der Waals surface area (Å²) >= 11 is 8.80. The molecule has 0 saturated heterocycles.